The van der Waals surface area contributed by atoms with E-state index in [1.807, 2.05) is 24.0 Å². The monoisotopic (exact) mass is 377 g/mol. The Kier molecular flexibility index (Phi) is 5.07. The minimum Gasteiger partial charge on any atom is -0.484 e. The maximum Gasteiger partial charge on any atom is 0.260 e. The fourth-order valence-electron chi connectivity index (χ4n) is 3.93. The van der Waals surface area contributed by atoms with Gasteiger partial charge in [0.05, 0.1) is 11.0 Å². The van der Waals surface area contributed by atoms with Gasteiger partial charge in [-0.15, -0.1) is 0 Å². The highest BCUT2D eigenvalue weighted by molar-refractivity contribution is 5.78. The van der Waals surface area contributed by atoms with Gasteiger partial charge in [-0.2, -0.15) is 0 Å². The zero-order chi connectivity index (χ0) is 19.7. The summed E-state index contributed by atoms with van der Waals surface area (Å²) in [7, 11) is 0. The highest BCUT2D eigenvalue weighted by atomic mass is 16.5. The smallest absolute Gasteiger partial charge is 0.260 e. The van der Waals surface area contributed by atoms with Gasteiger partial charge < -0.3 is 14.6 Å². The van der Waals surface area contributed by atoms with Crippen LogP contribution in [0.5, 0.6) is 5.75 Å². The zero-order valence-electron chi connectivity index (χ0n) is 16.8. The molecule has 0 unspecified atom stereocenters. The van der Waals surface area contributed by atoms with Crippen LogP contribution < -0.4 is 4.74 Å². The molecule has 1 amide bonds. The topological polar surface area (TPSA) is 58.2 Å². The molecule has 1 N–H and O–H groups in total. The molecule has 0 atom stereocenters. The lowest BCUT2D eigenvalue weighted by Gasteiger charge is -2.31. The Labute approximate surface area is 165 Å². The van der Waals surface area contributed by atoms with Crippen LogP contribution in [-0.2, 0) is 4.79 Å². The maximum absolute atomic E-state index is 12.5. The fraction of sp³-hybridized carbons (Fsp3) is 0.391. The summed E-state index contributed by atoms with van der Waals surface area (Å²) in [5.74, 6) is 2.25. The molecule has 1 aliphatic rings. The molecule has 1 saturated heterocycles. The summed E-state index contributed by atoms with van der Waals surface area (Å²) in [6, 6.07) is 12.3. The number of aromatic amines is 1. The highest BCUT2D eigenvalue weighted by Crippen LogP contribution is 2.28. The number of nitrogens with zero attached hydrogens (tertiary/aromatic N) is 2. The molecule has 0 aliphatic carbocycles. The number of hydrogen-bond acceptors (Lipinski definition) is 3. The molecule has 2 heterocycles. The van der Waals surface area contributed by atoms with Gasteiger partial charge in [-0.25, -0.2) is 4.98 Å². The van der Waals surface area contributed by atoms with Gasteiger partial charge in [-0.1, -0.05) is 23.8 Å². The molecule has 4 rings (SSSR count). The van der Waals surface area contributed by atoms with Crippen LogP contribution in [-0.4, -0.2) is 40.5 Å². The quantitative estimate of drug-likeness (QED) is 0.738. The number of H-pyrrole nitrogens is 1. The molecule has 1 aliphatic heterocycles. The van der Waals surface area contributed by atoms with Crippen molar-refractivity contribution in [3.8, 4) is 5.75 Å². The molecule has 0 bridgehead atoms. The summed E-state index contributed by atoms with van der Waals surface area (Å²) in [5, 5.41) is 0. The first kappa shape index (κ1) is 18.5. The van der Waals surface area contributed by atoms with Crippen LogP contribution in [0, 0.1) is 20.8 Å². The first-order valence-corrected chi connectivity index (χ1v) is 9.93. The van der Waals surface area contributed by atoms with E-state index in [4.69, 9.17) is 9.72 Å². The second-order valence-electron chi connectivity index (χ2n) is 7.86. The number of likely N-dealkylation sites (tertiary alicyclic amines) is 1. The van der Waals surface area contributed by atoms with Gasteiger partial charge in [-0.05, 0) is 62.9 Å². The highest BCUT2D eigenvalue weighted by Gasteiger charge is 2.26. The van der Waals surface area contributed by atoms with Crippen molar-refractivity contribution < 1.29 is 9.53 Å². The molecular weight excluding hydrogens is 350 g/mol. The Morgan fingerprint density at radius 1 is 1.11 bits per heavy atom. The largest absolute Gasteiger partial charge is 0.484 e. The van der Waals surface area contributed by atoms with Gasteiger partial charge in [0.1, 0.15) is 11.6 Å². The van der Waals surface area contributed by atoms with Crippen LogP contribution in [0.2, 0.25) is 0 Å². The van der Waals surface area contributed by atoms with E-state index in [0.29, 0.717) is 5.92 Å². The van der Waals surface area contributed by atoms with Gasteiger partial charge in [-0.3, -0.25) is 4.79 Å². The van der Waals surface area contributed by atoms with Crippen molar-refractivity contribution in [2.75, 3.05) is 19.7 Å². The van der Waals surface area contributed by atoms with Crippen molar-refractivity contribution in [2.24, 2.45) is 0 Å². The molecule has 5 nitrogen and oxygen atoms in total. The van der Waals surface area contributed by atoms with E-state index in [2.05, 4.69) is 43.1 Å². The summed E-state index contributed by atoms with van der Waals surface area (Å²) >= 11 is 0. The molecule has 146 valence electrons. The number of ether oxygens (including phenoxy) is 1. The molecule has 28 heavy (non-hydrogen) atoms. The number of hydrogen-bond donors (Lipinski definition) is 1. The van der Waals surface area contributed by atoms with Crippen LogP contribution in [0.4, 0.5) is 0 Å². The van der Waals surface area contributed by atoms with Gasteiger partial charge in [0.2, 0.25) is 0 Å². The second kappa shape index (κ2) is 7.66. The third-order valence-corrected chi connectivity index (χ3v) is 5.57. The number of benzene rings is 2. The Morgan fingerprint density at radius 3 is 2.57 bits per heavy atom. The van der Waals surface area contributed by atoms with E-state index in [9.17, 15) is 4.79 Å². The number of amides is 1. The van der Waals surface area contributed by atoms with Crippen molar-refractivity contribution in [3.63, 3.8) is 0 Å². The van der Waals surface area contributed by atoms with Gasteiger partial charge in [0.15, 0.2) is 6.61 Å². The Morgan fingerprint density at radius 2 is 1.82 bits per heavy atom. The van der Waals surface area contributed by atoms with Crippen LogP contribution in [0.15, 0.2) is 36.4 Å². The van der Waals surface area contributed by atoms with Crippen LogP contribution in [0.25, 0.3) is 11.0 Å². The summed E-state index contributed by atoms with van der Waals surface area (Å²) in [6.07, 6.45) is 1.85. The van der Waals surface area contributed by atoms with Crippen molar-refractivity contribution >= 4 is 16.9 Å². The van der Waals surface area contributed by atoms with E-state index in [0.717, 1.165) is 54.1 Å². The number of nitrogens with one attached hydrogen (secondary N) is 1. The lowest BCUT2D eigenvalue weighted by molar-refractivity contribution is -0.134. The first-order valence-electron chi connectivity index (χ1n) is 9.93. The Hall–Kier alpha value is -2.82. The third kappa shape index (κ3) is 3.88. The van der Waals surface area contributed by atoms with Gasteiger partial charge in [0.25, 0.3) is 5.91 Å². The number of fused-ring (bicyclic) bond motifs is 1. The van der Waals surface area contributed by atoms with Gasteiger partial charge >= 0.3 is 0 Å². The van der Waals surface area contributed by atoms with Crippen LogP contribution >= 0.6 is 0 Å². The molecule has 0 spiro atoms. The van der Waals surface area contributed by atoms with Gasteiger partial charge in [0, 0.05) is 19.0 Å². The number of imidazole rings is 1. The normalized spacial score (nSPS) is 15.2. The fourth-order valence-corrected chi connectivity index (χ4v) is 3.93. The summed E-state index contributed by atoms with van der Waals surface area (Å²) in [5.41, 5.74) is 5.59. The van der Waals surface area contributed by atoms with E-state index in [-0.39, 0.29) is 12.5 Å². The Balaban J connectivity index is 1.33. The minimum absolute atomic E-state index is 0.0543. The standard InChI is InChI=1S/C23H27N3O2/c1-15-5-7-21(17(3)12-15)28-14-22(27)26-10-8-18(9-11-26)23-24-19-6-4-16(2)13-20(19)25-23/h4-7,12-13,18H,8-11,14H2,1-3H3,(H,24,25). The van der Waals surface area contributed by atoms with Crippen molar-refractivity contribution in [1.29, 1.82) is 0 Å². The summed E-state index contributed by atoms with van der Waals surface area (Å²) in [6.45, 7) is 7.73. The maximum atomic E-state index is 12.5. The molecule has 1 fully saturated rings. The SMILES string of the molecule is Cc1ccc(OCC(=O)N2CCC(c3nc4ccc(C)cc4[nH]3)CC2)c(C)c1. The van der Waals surface area contributed by atoms with E-state index >= 15 is 0 Å². The number of carbonyl (C=O) groups excluding carboxylic acids is 1. The molecule has 0 radical (unpaired) electrons. The number of rotatable bonds is 4. The van der Waals surface area contributed by atoms with E-state index in [1.54, 1.807) is 0 Å². The number of aryl methyl sites for hydroxylation is 3. The van der Waals surface area contributed by atoms with Crippen LogP contribution in [0.3, 0.4) is 0 Å². The zero-order valence-corrected chi connectivity index (χ0v) is 16.8. The molecule has 2 aromatic carbocycles. The predicted octanol–water partition coefficient (Wildman–Crippen LogP) is 4.27. The predicted molar refractivity (Wildman–Crippen MR) is 111 cm³/mol. The number of piperidine rings is 1. The van der Waals surface area contributed by atoms with Crippen molar-refractivity contribution in [1.82, 2.24) is 14.9 Å². The van der Waals surface area contributed by atoms with Crippen molar-refractivity contribution in [2.45, 2.75) is 39.5 Å². The lowest BCUT2D eigenvalue weighted by Crippen LogP contribution is -2.40. The molecule has 0 saturated carbocycles. The second-order valence-corrected chi connectivity index (χ2v) is 7.86. The van der Waals surface area contributed by atoms with Crippen molar-refractivity contribution in [3.05, 3.63) is 58.9 Å². The summed E-state index contributed by atoms with van der Waals surface area (Å²) < 4.78 is 5.76. The van der Waals surface area contributed by atoms with E-state index < -0.39 is 0 Å². The molecule has 1 aromatic heterocycles. The molecule has 3 aromatic rings. The van der Waals surface area contributed by atoms with E-state index in [1.165, 1.54) is 11.1 Å². The minimum atomic E-state index is 0.0543. The molecule has 5 heteroatoms. The summed E-state index contributed by atoms with van der Waals surface area (Å²) in [4.78, 5) is 22.7. The number of carbonyl (C=O) groups is 1. The van der Waals surface area contributed by atoms with Crippen LogP contribution in [0.1, 0.15) is 41.3 Å². The first-order chi connectivity index (χ1) is 13.5. The average Bonchev–Trinajstić information content (AvgIpc) is 3.10. The lowest BCUT2D eigenvalue weighted by atomic mass is 9.96. The Bertz CT molecular complexity index is 1000. The third-order valence-electron chi connectivity index (χ3n) is 5.57. The average molecular weight is 377 g/mol. The number of aromatic nitrogens is 2. The molecular formula is C23H27N3O2.